The number of carboxylic acid groups (broad SMARTS) is 1. The van der Waals surface area contributed by atoms with E-state index in [9.17, 15) is 9.59 Å². The van der Waals surface area contributed by atoms with Crippen molar-refractivity contribution in [2.75, 3.05) is 12.3 Å². The van der Waals surface area contributed by atoms with Crippen molar-refractivity contribution in [1.29, 1.82) is 0 Å². The number of aromatic carboxylic acids is 1. The molecule has 0 aliphatic carbocycles. The van der Waals surface area contributed by atoms with Crippen molar-refractivity contribution in [2.24, 2.45) is 5.73 Å². The van der Waals surface area contributed by atoms with Crippen LogP contribution in [0.25, 0.3) is 0 Å². The molecule has 1 saturated heterocycles. The van der Waals surface area contributed by atoms with Gasteiger partial charge in [-0.05, 0) is 38.0 Å². The lowest BCUT2D eigenvalue weighted by Gasteiger charge is -2.30. The molecule has 9 heteroatoms. The summed E-state index contributed by atoms with van der Waals surface area (Å²) in [5.41, 5.74) is 7.54. The maximum atomic E-state index is 12.4. The molecule has 3 rings (SSSR count). The summed E-state index contributed by atoms with van der Waals surface area (Å²) in [5, 5.41) is 10.5. The standard InChI is InChI=1S/C20H25N3O4S2/c1-12(2)27-14-5-3-4-13(10-14)18(21)16-6-7-17(24)23(16)8-9-28-20-22-15(11-29-20)19(25)26/h3-5,10-12,16,18H,6-9,21H2,1-2H3,(H,25,26)/t16-,18?/m1/s1. The van der Waals surface area contributed by atoms with Gasteiger partial charge in [-0.3, -0.25) is 4.79 Å². The predicted octanol–water partition coefficient (Wildman–Crippen LogP) is 3.41. The normalized spacial score (nSPS) is 17.7. The van der Waals surface area contributed by atoms with Gasteiger partial charge in [0, 0.05) is 24.1 Å². The van der Waals surface area contributed by atoms with Crippen LogP contribution in [0.15, 0.2) is 34.0 Å². The van der Waals surface area contributed by atoms with Crippen molar-refractivity contribution in [3.05, 3.63) is 40.9 Å². The molecule has 7 nitrogen and oxygen atoms in total. The molecule has 29 heavy (non-hydrogen) atoms. The lowest BCUT2D eigenvalue weighted by Crippen LogP contribution is -2.41. The molecule has 1 aromatic carbocycles. The molecule has 2 atom stereocenters. The van der Waals surface area contributed by atoms with E-state index in [-0.39, 0.29) is 29.8 Å². The number of carboxylic acids is 1. The van der Waals surface area contributed by atoms with E-state index >= 15 is 0 Å². The Hall–Kier alpha value is -2.10. The van der Waals surface area contributed by atoms with Crippen LogP contribution in [0.5, 0.6) is 5.75 Å². The third-order valence-electron chi connectivity index (χ3n) is 4.66. The van der Waals surface area contributed by atoms with E-state index in [2.05, 4.69) is 4.98 Å². The van der Waals surface area contributed by atoms with Gasteiger partial charge in [-0.2, -0.15) is 0 Å². The average molecular weight is 436 g/mol. The highest BCUT2D eigenvalue weighted by Crippen LogP contribution is 2.31. The summed E-state index contributed by atoms with van der Waals surface area (Å²) >= 11 is 2.76. The highest BCUT2D eigenvalue weighted by Gasteiger charge is 2.35. The van der Waals surface area contributed by atoms with E-state index in [0.29, 0.717) is 23.1 Å². The summed E-state index contributed by atoms with van der Waals surface area (Å²) in [6, 6.07) is 7.39. The van der Waals surface area contributed by atoms with Crippen molar-refractivity contribution < 1.29 is 19.4 Å². The van der Waals surface area contributed by atoms with Crippen molar-refractivity contribution in [3.8, 4) is 5.75 Å². The van der Waals surface area contributed by atoms with Crippen molar-refractivity contribution in [3.63, 3.8) is 0 Å². The molecule has 1 unspecified atom stereocenters. The van der Waals surface area contributed by atoms with Gasteiger partial charge in [-0.15, -0.1) is 11.3 Å². The van der Waals surface area contributed by atoms with Crippen LogP contribution in [-0.4, -0.2) is 51.3 Å². The van der Waals surface area contributed by atoms with Crippen LogP contribution in [0.4, 0.5) is 0 Å². The molecule has 3 N–H and O–H groups in total. The zero-order valence-electron chi connectivity index (χ0n) is 16.4. The maximum Gasteiger partial charge on any atom is 0.355 e. The molecular formula is C20H25N3O4S2. The Morgan fingerprint density at radius 2 is 2.28 bits per heavy atom. The fourth-order valence-electron chi connectivity index (χ4n) is 3.36. The van der Waals surface area contributed by atoms with Crippen LogP contribution in [-0.2, 0) is 4.79 Å². The number of carbonyl (C=O) groups excluding carboxylic acids is 1. The number of hydrogen-bond acceptors (Lipinski definition) is 7. The Morgan fingerprint density at radius 3 is 2.97 bits per heavy atom. The van der Waals surface area contributed by atoms with E-state index in [1.165, 1.54) is 28.5 Å². The largest absolute Gasteiger partial charge is 0.491 e. The molecule has 2 aromatic rings. The van der Waals surface area contributed by atoms with Gasteiger partial charge < -0.3 is 20.5 Å². The quantitative estimate of drug-likeness (QED) is 0.581. The monoisotopic (exact) mass is 435 g/mol. The first-order valence-electron chi connectivity index (χ1n) is 9.48. The third-order valence-corrected chi connectivity index (χ3v) is 6.67. The zero-order chi connectivity index (χ0) is 21.0. The molecular weight excluding hydrogens is 410 g/mol. The van der Waals surface area contributed by atoms with Gasteiger partial charge in [0.15, 0.2) is 10.0 Å². The number of likely N-dealkylation sites (tertiary alicyclic amines) is 1. The smallest absolute Gasteiger partial charge is 0.355 e. The van der Waals surface area contributed by atoms with E-state index < -0.39 is 5.97 Å². The number of thioether (sulfide) groups is 1. The Morgan fingerprint density at radius 1 is 1.48 bits per heavy atom. The summed E-state index contributed by atoms with van der Waals surface area (Å²) in [6.45, 7) is 4.50. The molecule has 2 heterocycles. The van der Waals surface area contributed by atoms with E-state index in [4.69, 9.17) is 15.6 Å². The first-order chi connectivity index (χ1) is 13.8. The van der Waals surface area contributed by atoms with Crippen LogP contribution in [0, 0.1) is 0 Å². The second kappa shape index (κ2) is 9.60. The maximum absolute atomic E-state index is 12.4. The summed E-state index contributed by atoms with van der Waals surface area (Å²) in [6.07, 6.45) is 1.29. The van der Waals surface area contributed by atoms with Crippen molar-refractivity contribution in [1.82, 2.24) is 9.88 Å². The molecule has 1 amide bonds. The van der Waals surface area contributed by atoms with Crippen LogP contribution in [0.2, 0.25) is 0 Å². The molecule has 0 saturated carbocycles. The van der Waals surface area contributed by atoms with Gasteiger partial charge in [-0.1, -0.05) is 23.9 Å². The number of amides is 1. The summed E-state index contributed by atoms with van der Waals surface area (Å²) in [5.74, 6) is 0.485. The lowest BCUT2D eigenvalue weighted by atomic mass is 9.98. The Balaban J connectivity index is 1.62. The molecule has 0 spiro atoms. The average Bonchev–Trinajstić information content (AvgIpc) is 3.28. The molecule has 1 fully saturated rings. The highest BCUT2D eigenvalue weighted by atomic mass is 32.2. The van der Waals surface area contributed by atoms with Gasteiger partial charge >= 0.3 is 5.97 Å². The topological polar surface area (TPSA) is 106 Å². The Kier molecular flexibility index (Phi) is 7.15. The number of hydrogen-bond donors (Lipinski definition) is 2. The van der Waals surface area contributed by atoms with E-state index in [1.807, 2.05) is 43.0 Å². The lowest BCUT2D eigenvalue weighted by molar-refractivity contribution is -0.128. The highest BCUT2D eigenvalue weighted by molar-refractivity contribution is 8.01. The number of thiazole rings is 1. The third kappa shape index (κ3) is 5.49. The number of benzene rings is 1. The molecule has 1 aliphatic heterocycles. The second-order valence-electron chi connectivity index (χ2n) is 7.11. The van der Waals surface area contributed by atoms with E-state index in [0.717, 1.165) is 17.7 Å². The number of nitrogens with two attached hydrogens (primary N) is 1. The minimum absolute atomic E-state index is 0.0538. The van der Waals surface area contributed by atoms with Crippen LogP contribution in [0.1, 0.15) is 48.8 Å². The van der Waals surface area contributed by atoms with Crippen LogP contribution in [0.3, 0.4) is 0 Å². The first-order valence-corrected chi connectivity index (χ1v) is 11.3. The van der Waals surface area contributed by atoms with Crippen LogP contribution < -0.4 is 10.5 Å². The van der Waals surface area contributed by atoms with Gasteiger partial charge in [-0.25, -0.2) is 9.78 Å². The van der Waals surface area contributed by atoms with Gasteiger partial charge in [0.1, 0.15) is 5.75 Å². The molecule has 1 aromatic heterocycles. The van der Waals surface area contributed by atoms with Gasteiger partial charge in [0.2, 0.25) is 5.91 Å². The number of aromatic nitrogens is 1. The zero-order valence-corrected chi connectivity index (χ0v) is 18.0. The summed E-state index contributed by atoms with van der Waals surface area (Å²) in [7, 11) is 0. The van der Waals surface area contributed by atoms with Gasteiger partial charge in [0.25, 0.3) is 0 Å². The Labute approximate surface area is 178 Å². The minimum atomic E-state index is -1.03. The van der Waals surface area contributed by atoms with Crippen LogP contribution >= 0.6 is 23.1 Å². The number of ether oxygens (including phenoxy) is 1. The number of carbonyl (C=O) groups is 2. The summed E-state index contributed by atoms with van der Waals surface area (Å²) in [4.78, 5) is 29.3. The van der Waals surface area contributed by atoms with Gasteiger partial charge in [0.05, 0.1) is 18.2 Å². The molecule has 1 aliphatic rings. The molecule has 0 radical (unpaired) electrons. The molecule has 0 bridgehead atoms. The number of nitrogens with zero attached hydrogens (tertiary/aromatic N) is 2. The minimum Gasteiger partial charge on any atom is -0.491 e. The van der Waals surface area contributed by atoms with E-state index in [1.54, 1.807) is 0 Å². The van der Waals surface area contributed by atoms with Crippen molar-refractivity contribution >= 4 is 35.0 Å². The fraction of sp³-hybridized carbons (Fsp3) is 0.450. The number of rotatable bonds is 9. The predicted molar refractivity (Wildman–Crippen MR) is 114 cm³/mol. The first kappa shape index (κ1) is 21.6. The molecule has 156 valence electrons. The fourth-order valence-corrected chi connectivity index (χ4v) is 5.17. The second-order valence-corrected chi connectivity index (χ2v) is 9.31. The van der Waals surface area contributed by atoms with Crippen molar-refractivity contribution in [2.45, 2.75) is 49.2 Å². The SMILES string of the molecule is CC(C)Oc1cccc(C(N)[C@H]2CCC(=O)N2CCSc2nc(C(=O)O)cs2)c1. The Bertz CT molecular complexity index is 871. The summed E-state index contributed by atoms with van der Waals surface area (Å²) < 4.78 is 6.45.